The quantitative estimate of drug-likeness (QED) is 0.550. The van der Waals surface area contributed by atoms with E-state index in [1.54, 1.807) is 0 Å². The summed E-state index contributed by atoms with van der Waals surface area (Å²) >= 11 is 0. The van der Waals surface area contributed by atoms with Crippen LogP contribution in [0.3, 0.4) is 0 Å². The fraction of sp³-hybridized carbons (Fsp3) is 0.385. The van der Waals surface area contributed by atoms with Crippen LogP contribution in [0.2, 0.25) is 19.6 Å². The maximum absolute atomic E-state index is 5.88. The second-order valence-electron chi connectivity index (χ2n) is 5.01. The Bertz CT molecular complexity index is 354. The van der Waals surface area contributed by atoms with Crippen LogP contribution in [0.5, 0.6) is 0 Å². The van der Waals surface area contributed by atoms with E-state index in [9.17, 15) is 0 Å². The summed E-state index contributed by atoms with van der Waals surface area (Å²) in [7, 11) is -1.54. The Morgan fingerprint density at radius 2 is 1.53 bits per heavy atom. The predicted molar refractivity (Wildman–Crippen MR) is 69.4 cm³/mol. The van der Waals surface area contributed by atoms with Crippen LogP contribution in [-0.2, 0) is 4.43 Å². The molecule has 1 nitrogen and oxygen atoms in total. The SMILES string of the molecule is C=C(O[Si](C)(C)C)c1cc(C)cc(C)c1. The normalized spacial score (nSPS) is 11.3. The average Bonchev–Trinajstić information content (AvgIpc) is 1.98. The van der Waals surface area contributed by atoms with E-state index in [1.807, 2.05) is 0 Å². The molecule has 0 heterocycles. The van der Waals surface area contributed by atoms with Crippen LogP contribution in [0.4, 0.5) is 0 Å². The fourth-order valence-electron chi connectivity index (χ4n) is 1.56. The first-order valence-corrected chi connectivity index (χ1v) is 8.65. The lowest BCUT2D eigenvalue weighted by Gasteiger charge is -2.21. The van der Waals surface area contributed by atoms with Gasteiger partial charge in [-0.25, -0.2) is 0 Å². The first-order chi connectivity index (χ1) is 6.78. The van der Waals surface area contributed by atoms with Crippen molar-refractivity contribution in [2.75, 3.05) is 0 Å². The van der Waals surface area contributed by atoms with E-state index in [1.165, 1.54) is 11.1 Å². The molecule has 0 aliphatic rings. The Balaban J connectivity index is 2.92. The monoisotopic (exact) mass is 220 g/mol. The molecule has 0 N–H and O–H groups in total. The van der Waals surface area contributed by atoms with Gasteiger partial charge in [0.05, 0.1) is 0 Å². The predicted octanol–water partition coefficient (Wildman–Crippen LogP) is 4.13. The molecule has 82 valence electrons. The molecule has 0 fully saturated rings. The van der Waals surface area contributed by atoms with Crippen molar-refractivity contribution < 1.29 is 4.43 Å². The zero-order chi connectivity index (χ0) is 11.6. The Labute approximate surface area is 93.9 Å². The molecule has 0 unspecified atom stereocenters. The van der Waals surface area contributed by atoms with Gasteiger partial charge < -0.3 is 4.43 Å². The van der Waals surface area contributed by atoms with Gasteiger partial charge in [-0.15, -0.1) is 0 Å². The highest BCUT2D eigenvalue weighted by atomic mass is 28.4. The summed E-state index contributed by atoms with van der Waals surface area (Å²) < 4.78 is 5.88. The number of rotatable bonds is 3. The molecule has 1 aromatic rings. The molecule has 0 radical (unpaired) electrons. The van der Waals surface area contributed by atoms with Crippen LogP contribution < -0.4 is 0 Å². The molecule has 0 aliphatic carbocycles. The molecular formula is C13H20OSi. The molecule has 0 aliphatic heterocycles. The molecule has 0 amide bonds. The third kappa shape index (κ3) is 3.92. The summed E-state index contributed by atoms with van der Waals surface area (Å²) in [6.45, 7) is 14.7. The van der Waals surface area contributed by atoms with Crippen LogP contribution in [0.25, 0.3) is 5.76 Å². The maximum atomic E-state index is 5.88. The van der Waals surface area contributed by atoms with E-state index in [2.05, 4.69) is 58.3 Å². The van der Waals surface area contributed by atoms with Gasteiger partial charge in [0.1, 0.15) is 5.76 Å². The first kappa shape index (κ1) is 12.0. The van der Waals surface area contributed by atoms with Crippen molar-refractivity contribution in [2.45, 2.75) is 33.5 Å². The highest BCUT2D eigenvalue weighted by Gasteiger charge is 2.17. The maximum Gasteiger partial charge on any atom is 0.242 e. The largest absolute Gasteiger partial charge is 0.544 e. The lowest BCUT2D eigenvalue weighted by molar-refractivity contribution is 0.516. The van der Waals surface area contributed by atoms with Crippen molar-refractivity contribution in [3.05, 3.63) is 41.5 Å². The van der Waals surface area contributed by atoms with Crippen LogP contribution >= 0.6 is 0 Å². The van der Waals surface area contributed by atoms with Crippen molar-refractivity contribution in [3.8, 4) is 0 Å². The van der Waals surface area contributed by atoms with E-state index < -0.39 is 8.32 Å². The smallest absolute Gasteiger partial charge is 0.242 e. The van der Waals surface area contributed by atoms with E-state index in [4.69, 9.17) is 4.43 Å². The van der Waals surface area contributed by atoms with Crippen LogP contribution in [-0.4, -0.2) is 8.32 Å². The number of hydrogen-bond acceptors (Lipinski definition) is 1. The third-order valence-corrected chi connectivity index (χ3v) is 2.83. The molecule has 0 spiro atoms. The molecule has 15 heavy (non-hydrogen) atoms. The second kappa shape index (κ2) is 4.23. The van der Waals surface area contributed by atoms with Crippen molar-refractivity contribution in [3.63, 3.8) is 0 Å². The standard InChI is InChI=1S/C13H20OSi/c1-10-7-11(2)9-13(8-10)12(3)14-15(4,5)6/h7-9H,3H2,1-2,4-6H3. The van der Waals surface area contributed by atoms with E-state index in [0.29, 0.717) is 0 Å². The molecule has 0 saturated carbocycles. The molecule has 0 bridgehead atoms. The van der Waals surface area contributed by atoms with Crippen LogP contribution in [0.1, 0.15) is 16.7 Å². The Hall–Kier alpha value is -1.02. The summed E-state index contributed by atoms with van der Waals surface area (Å²) in [5.41, 5.74) is 3.62. The minimum atomic E-state index is -1.54. The van der Waals surface area contributed by atoms with Crippen LogP contribution in [0.15, 0.2) is 24.8 Å². The third-order valence-electron chi connectivity index (χ3n) is 1.97. The molecule has 1 aromatic carbocycles. The van der Waals surface area contributed by atoms with Gasteiger partial charge in [0.25, 0.3) is 0 Å². The lowest BCUT2D eigenvalue weighted by Crippen LogP contribution is -2.24. The van der Waals surface area contributed by atoms with Gasteiger partial charge >= 0.3 is 0 Å². The van der Waals surface area contributed by atoms with Crippen molar-refractivity contribution in [2.24, 2.45) is 0 Å². The summed E-state index contributed by atoms with van der Waals surface area (Å²) in [4.78, 5) is 0. The van der Waals surface area contributed by atoms with Gasteiger partial charge in [0.15, 0.2) is 0 Å². The van der Waals surface area contributed by atoms with Gasteiger partial charge in [0.2, 0.25) is 8.32 Å². The Morgan fingerprint density at radius 1 is 1.07 bits per heavy atom. The molecular weight excluding hydrogens is 200 g/mol. The zero-order valence-electron chi connectivity index (χ0n) is 10.3. The Kier molecular flexibility index (Phi) is 3.40. The summed E-state index contributed by atoms with van der Waals surface area (Å²) in [5.74, 6) is 0.806. The van der Waals surface area contributed by atoms with E-state index in [0.717, 1.165) is 11.3 Å². The van der Waals surface area contributed by atoms with Gasteiger partial charge in [-0.2, -0.15) is 0 Å². The fourth-order valence-corrected chi connectivity index (χ4v) is 2.42. The number of benzene rings is 1. The summed E-state index contributed by atoms with van der Waals surface area (Å²) in [6, 6.07) is 6.40. The highest BCUT2D eigenvalue weighted by Crippen LogP contribution is 2.21. The molecule has 1 rings (SSSR count). The van der Waals surface area contributed by atoms with E-state index in [-0.39, 0.29) is 0 Å². The zero-order valence-corrected chi connectivity index (χ0v) is 11.3. The summed E-state index contributed by atoms with van der Waals surface area (Å²) in [6.07, 6.45) is 0. The van der Waals surface area contributed by atoms with Gasteiger partial charge in [-0.1, -0.05) is 23.8 Å². The van der Waals surface area contributed by atoms with Crippen molar-refractivity contribution in [1.82, 2.24) is 0 Å². The van der Waals surface area contributed by atoms with Crippen molar-refractivity contribution in [1.29, 1.82) is 0 Å². The molecule has 2 heteroatoms. The van der Waals surface area contributed by atoms with Gasteiger partial charge in [0, 0.05) is 5.56 Å². The summed E-state index contributed by atoms with van der Waals surface area (Å²) in [5, 5.41) is 0. The molecule has 0 aromatic heterocycles. The van der Waals surface area contributed by atoms with Gasteiger partial charge in [-0.3, -0.25) is 0 Å². The number of hydrogen-bond donors (Lipinski definition) is 0. The number of aryl methyl sites for hydroxylation is 2. The molecule has 0 atom stereocenters. The van der Waals surface area contributed by atoms with Crippen molar-refractivity contribution >= 4 is 14.1 Å². The lowest BCUT2D eigenvalue weighted by atomic mass is 10.1. The minimum absolute atomic E-state index is 0.806. The Morgan fingerprint density at radius 3 is 1.93 bits per heavy atom. The van der Waals surface area contributed by atoms with Crippen LogP contribution in [0, 0.1) is 13.8 Å². The topological polar surface area (TPSA) is 9.23 Å². The minimum Gasteiger partial charge on any atom is -0.544 e. The average molecular weight is 220 g/mol. The van der Waals surface area contributed by atoms with E-state index >= 15 is 0 Å². The first-order valence-electron chi connectivity index (χ1n) is 5.24. The molecule has 0 saturated heterocycles. The highest BCUT2D eigenvalue weighted by molar-refractivity contribution is 6.70. The van der Waals surface area contributed by atoms with Gasteiger partial charge in [-0.05, 0) is 45.6 Å². The second-order valence-corrected chi connectivity index (χ2v) is 9.44.